The van der Waals surface area contributed by atoms with Crippen LogP contribution in [-0.4, -0.2) is 91.3 Å². The van der Waals surface area contributed by atoms with Gasteiger partial charge in [0.1, 0.15) is 17.6 Å². The molecule has 1 aliphatic rings. The minimum atomic E-state index is -3.05. The number of β-amino-alcohol motifs (C(OH)–C–C–N with tert-alkyl or cyclic N) is 1. The first-order valence-corrected chi connectivity index (χ1v) is 11.3. The molecule has 0 spiro atoms. The standard InChI is InChI=1S/C22H24F4N8O2/c1-36-20-19-14(13-2-3-15-16(10-13)34(31-29-15)11-18(23)24)4-7-33(19)30-21(28-20)27-17-5-6-32(8-9-35)12-22(17,25)26/h2-4,7,10,17-18,35H,5-6,8-9,11-12H2,1H3,(H,27,30). The van der Waals surface area contributed by atoms with Crippen molar-refractivity contribution >= 4 is 22.5 Å². The van der Waals surface area contributed by atoms with Crippen LogP contribution in [0.4, 0.5) is 23.5 Å². The molecule has 4 heterocycles. The molecular formula is C22H24F4N8O2. The predicted octanol–water partition coefficient (Wildman–Crippen LogP) is 2.53. The summed E-state index contributed by atoms with van der Waals surface area (Å²) >= 11 is 0. The lowest BCUT2D eigenvalue weighted by molar-refractivity contribution is -0.0760. The minimum absolute atomic E-state index is 0.0172. The second kappa shape index (κ2) is 9.50. The molecule has 3 aromatic heterocycles. The molecule has 5 rings (SSSR count). The number of benzene rings is 1. The molecule has 4 aromatic rings. The third-order valence-corrected chi connectivity index (χ3v) is 6.21. The number of aliphatic hydroxyl groups is 1. The highest BCUT2D eigenvalue weighted by atomic mass is 19.3. The lowest BCUT2D eigenvalue weighted by atomic mass is 10.0. The number of likely N-dealkylation sites (tertiary alicyclic amines) is 1. The zero-order chi connectivity index (χ0) is 25.4. The number of anilines is 1. The highest BCUT2D eigenvalue weighted by Gasteiger charge is 2.45. The normalized spacial score (nSPS) is 18.4. The molecule has 1 aromatic carbocycles. The molecule has 10 nitrogen and oxygen atoms in total. The summed E-state index contributed by atoms with van der Waals surface area (Å²) in [5, 5.41) is 23.9. The summed E-state index contributed by atoms with van der Waals surface area (Å²) in [6.07, 6.45) is -0.794. The number of hydrogen-bond acceptors (Lipinski definition) is 8. The van der Waals surface area contributed by atoms with E-state index in [1.807, 2.05) is 0 Å². The third kappa shape index (κ3) is 4.53. The van der Waals surface area contributed by atoms with E-state index in [9.17, 15) is 17.6 Å². The Morgan fingerprint density at radius 3 is 2.83 bits per heavy atom. The van der Waals surface area contributed by atoms with Crippen molar-refractivity contribution in [1.29, 1.82) is 0 Å². The number of nitrogens with one attached hydrogen (secondary N) is 1. The molecule has 1 saturated heterocycles. The molecule has 1 unspecified atom stereocenters. The predicted molar refractivity (Wildman–Crippen MR) is 123 cm³/mol. The second-order valence-corrected chi connectivity index (χ2v) is 8.58. The van der Waals surface area contributed by atoms with Gasteiger partial charge in [-0.2, -0.15) is 4.98 Å². The van der Waals surface area contributed by atoms with Gasteiger partial charge in [-0.1, -0.05) is 11.3 Å². The van der Waals surface area contributed by atoms with E-state index < -0.39 is 31.5 Å². The fourth-order valence-electron chi connectivity index (χ4n) is 4.50. The maximum Gasteiger partial charge on any atom is 0.280 e. The van der Waals surface area contributed by atoms with Crippen molar-refractivity contribution in [3.05, 3.63) is 30.5 Å². The molecule has 0 bridgehead atoms. The van der Waals surface area contributed by atoms with Crippen LogP contribution < -0.4 is 10.1 Å². The molecule has 0 amide bonds. The van der Waals surface area contributed by atoms with Gasteiger partial charge in [-0.05, 0) is 30.2 Å². The summed E-state index contributed by atoms with van der Waals surface area (Å²) in [5.74, 6) is -2.91. The lowest BCUT2D eigenvalue weighted by Gasteiger charge is -2.38. The van der Waals surface area contributed by atoms with Gasteiger partial charge in [0.2, 0.25) is 11.8 Å². The molecule has 1 fully saturated rings. The maximum atomic E-state index is 14.7. The van der Waals surface area contributed by atoms with E-state index in [2.05, 4.69) is 25.7 Å². The number of aliphatic hydroxyl groups excluding tert-OH is 1. The first-order chi connectivity index (χ1) is 17.3. The van der Waals surface area contributed by atoms with Gasteiger partial charge in [0.25, 0.3) is 12.3 Å². The van der Waals surface area contributed by atoms with Crippen molar-refractivity contribution in [2.45, 2.75) is 31.4 Å². The Morgan fingerprint density at radius 1 is 1.28 bits per heavy atom. The van der Waals surface area contributed by atoms with Gasteiger partial charge < -0.3 is 15.2 Å². The van der Waals surface area contributed by atoms with Crippen LogP contribution in [0.5, 0.6) is 5.88 Å². The Labute approximate surface area is 202 Å². The molecule has 1 atom stereocenters. The van der Waals surface area contributed by atoms with E-state index in [1.165, 1.54) is 16.5 Å². The van der Waals surface area contributed by atoms with Crippen molar-refractivity contribution < 1.29 is 27.4 Å². The summed E-state index contributed by atoms with van der Waals surface area (Å²) in [4.78, 5) is 5.84. The summed E-state index contributed by atoms with van der Waals surface area (Å²) in [6, 6.07) is 5.71. The zero-order valence-electron chi connectivity index (χ0n) is 19.3. The van der Waals surface area contributed by atoms with Crippen LogP contribution in [0.3, 0.4) is 0 Å². The van der Waals surface area contributed by atoms with Gasteiger partial charge in [0, 0.05) is 24.8 Å². The number of fused-ring (bicyclic) bond motifs is 2. The number of hydrogen-bond donors (Lipinski definition) is 2. The Morgan fingerprint density at radius 2 is 2.11 bits per heavy atom. The van der Waals surface area contributed by atoms with Gasteiger partial charge in [0.05, 0.1) is 31.8 Å². The molecule has 2 N–H and O–H groups in total. The van der Waals surface area contributed by atoms with Crippen molar-refractivity contribution in [3.63, 3.8) is 0 Å². The number of halogens is 4. The topological polar surface area (TPSA) is 106 Å². The number of methoxy groups -OCH3 is 1. The van der Waals surface area contributed by atoms with Crippen molar-refractivity contribution in [2.75, 3.05) is 38.7 Å². The molecule has 0 saturated carbocycles. The van der Waals surface area contributed by atoms with Crippen LogP contribution in [0.25, 0.3) is 27.7 Å². The summed E-state index contributed by atoms with van der Waals surface area (Å²) in [5.41, 5.74) is 2.74. The first kappa shape index (κ1) is 24.2. The molecule has 0 aliphatic carbocycles. The Kier molecular flexibility index (Phi) is 6.38. The van der Waals surface area contributed by atoms with Gasteiger partial charge >= 0.3 is 0 Å². The maximum absolute atomic E-state index is 14.7. The highest BCUT2D eigenvalue weighted by Crippen LogP contribution is 2.34. The number of alkyl halides is 4. The second-order valence-electron chi connectivity index (χ2n) is 8.58. The van der Waals surface area contributed by atoms with Crippen molar-refractivity contribution in [1.82, 2.24) is 34.5 Å². The Bertz CT molecular complexity index is 1380. The number of ether oxygens (including phenoxy) is 1. The Hall–Kier alpha value is -3.52. The summed E-state index contributed by atoms with van der Waals surface area (Å²) in [6.45, 7) is -0.645. The van der Waals surface area contributed by atoms with Crippen molar-refractivity contribution in [3.8, 4) is 17.0 Å². The van der Waals surface area contributed by atoms with Gasteiger partial charge in [-0.25, -0.2) is 26.8 Å². The monoisotopic (exact) mass is 508 g/mol. The number of nitrogens with zero attached hydrogens (tertiary/aromatic N) is 7. The van der Waals surface area contributed by atoms with Crippen LogP contribution in [0.1, 0.15) is 6.42 Å². The first-order valence-electron chi connectivity index (χ1n) is 11.3. The molecule has 1 aliphatic heterocycles. The van der Waals surface area contributed by atoms with Gasteiger partial charge in [-0.15, -0.1) is 10.2 Å². The van der Waals surface area contributed by atoms with E-state index >= 15 is 0 Å². The molecule has 0 radical (unpaired) electrons. The van der Waals surface area contributed by atoms with E-state index in [1.54, 1.807) is 30.5 Å². The van der Waals surface area contributed by atoms with Crippen LogP contribution >= 0.6 is 0 Å². The number of piperidine rings is 1. The minimum Gasteiger partial charge on any atom is -0.479 e. The molecule has 36 heavy (non-hydrogen) atoms. The van der Waals surface area contributed by atoms with E-state index in [0.717, 1.165) is 4.68 Å². The number of aromatic nitrogens is 6. The lowest BCUT2D eigenvalue weighted by Crippen LogP contribution is -2.55. The van der Waals surface area contributed by atoms with Crippen LogP contribution in [0, 0.1) is 0 Å². The summed E-state index contributed by atoms with van der Waals surface area (Å²) < 4.78 is 63.4. The molecular weight excluding hydrogens is 484 g/mol. The SMILES string of the molecule is COc1nc(NC2CCN(CCO)CC2(F)F)nn2ccc(-c3ccc4nnn(CC(F)F)c4c3)c12. The quantitative estimate of drug-likeness (QED) is 0.350. The van der Waals surface area contributed by atoms with Gasteiger partial charge in [0.15, 0.2) is 0 Å². The van der Waals surface area contributed by atoms with Crippen molar-refractivity contribution in [2.24, 2.45) is 0 Å². The zero-order valence-corrected chi connectivity index (χ0v) is 19.3. The van der Waals surface area contributed by atoms with E-state index in [4.69, 9.17) is 9.84 Å². The highest BCUT2D eigenvalue weighted by molar-refractivity contribution is 5.89. The Balaban J connectivity index is 1.47. The average Bonchev–Trinajstić information content (AvgIpc) is 3.44. The van der Waals surface area contributed by atoms with Crippen LogP contribution in [0.15, 0.2) is 30.5 Å². The average molecular weight is 508 g/mol. The van der Waals surface area contributed by atoms with Crippen LogP contribution in [-0.2, 0) is 6.54 Å². The molecule has 192 valence electrons. The largest absolute Gasteiger partial charge is 0.479 e. The number of rotatable bonds is 8. The summed E-state index contributed by atoms with van der Waals surface area (Å²) in [7, 11) is 1.41. The smallest absolute Gasteiger partial charge is 0.280 e. The molecule has 14 heteroatoms. The third-order valence-electron chi connectivity index (χ3n) is 6.21. The van der Waals surface area contributed by atoms with Crippen LogP contribution in [0.2, 0.25) is 0 Å². The fourth-order valence-corrected chi connectivity index (χ4v) is 4.50. The van der Waals surface area contributed by atoms with E-state index in [-0.39, 0.29) is 31.4 Å². The van der Waals surface area contributed by atoms with E-state index in [0.29, 0.717) is 34.2 Å². The van der Waals surface area contributed by atoms with Gasteiger partial charge in [-0.3, -0.25) is 4.90 Å². The fraction of sp³-hybridized carbons (Fsp3) is 0.455.